The fraction of sp³-hybridized carbons (Fsp3) is 0.500. The van der Waals surface area contributed by atoms with E-state index < -0.39 is 0 Å². The van der Waals surface area contributed by atoms with Gasteiger partial charge in [-0.1, -0.05) is 60.3 Å². The molecule has 0 amide bonds. The molecule has 0 bridgehead atoms. The van der Waals surface area contributed by atoms with E-state index in [1.54, 1.807) is 6.08 Å². The molecule has 0 N–H and O–H groups in total. The summed E-state index contributed by atoms with van der Waals surface area (Å²) in [6.45, 7) is 3.02. The Morgan fingerprint density at radius 1 is 1.24 bits per heavy atom. The molecule has 0 aromatic heterocycles. The lowest BCUT2D eigenvalue weighted by Crippen LogP contribution is -2.27. The van der Waals surface area contributed by atoms with Crippen LogP contribution in [-0.4, -0.2) is 31.3 Å². The van der Waals surface area contributed by atoms with E-state index in [1.165, 1.54) is 12.8 Å². The average Bonchev–Trinajstić information content (AvgIpc) is 2.45. The van der Waals surface area contributed by atoms with Crippen molar-refractivity contribution < 1.29 is 4.79 Å². The third-order valence-electron chi connectivity index (χ3n) is 3.45. The van der Waals surface area contributed by atoms with Gasteiger partial charge in [-0.25, -0.2) is 0 Å². The van der Waals surface area contributed by atoms with Crippen LogP contribution in [0.1, 0.15) is 38.2 Å². The van der Waals surface area contributed by atoms with Crippen LogP contribution in [0.15, 0.2) is 34.8 Å². The Kier molecular flexibility index (Phi) is 8.55. The van der Waals surface area contributed by atoms with Crippen molar-refractivity contribution in [2.75, 3.05) is 20.6 Å². The lowest BCUT2D eigenvalue weighted by Gasteiger charge is -2.18. The molecule has 1 atom stereocenters. The first-order chi connectivity index (χ1) is 10.0. The predicted molar refractivity (Wildman–Crippen MR) is 94.4 cm³/mol. The Hall–Kier alpha value is -0.930. The normalized spacial score (nSPS) is 13.0. The van der Waals surface area contributed by atoms with Gasteiger partial charge in [-0.05, 0) is 44.3 Å². The maximum absolute atomic E-state index is 12.4. The van der Waals surface area contributed by atoms with Crippen LogP contribution in [0, 0.1) is 5.92 Å². The Morgan fingerprint density at radius 3 is 2.48 bits per heavy atom. The standard InChI is InChI=1S/C18H26BrNO/c1-4-5-6-7-16(14-20(2)3)18(21)13-10-15-8-11-17(19)12-9-15/h8-13,16H,4-7,14H2,1-3H3/b13-10-/t16-/m0/s1. The van der Waals surface area contributed by atoms with E-state index in [2.05, 4.69) is 27.8 Å². The van der Waals surface area contributed by atoms with Gasteiger partial charge in [0.05, 0.1) is 0 Å². The number of halogens is 1. The molecular formula is C18H26BrNO. The topological polar surface area (TPSA) is 20.3 Å². The van der Waals surface area contributed by atoms with Crippen LogP contribution in [0.2, 0.25) is 0 Å². The molecule has 0 aliphatic heterocycles. The molecule has 1 aromatic rings. The molecule has 3 heteroatoms. The molecule has 0 spiro atoms. The van der Waals surface area contributed by atoms with Crippen LogP contribution >= 0.6 is 15.9 Å². The van der Waals surface area contributed by atoms with Gasteiger partial charge >= 0.3 is 0 Å². The molecule has 2 nitrogen and oxygen atoms in total. The second-order valence-electron chi connectivity index (χ2n) is 5.74. The zero-order valence-corrected chi connectivity index (χ0v) is 14.9. The first-order valence-electron chi connectivity index (χ1n) is 7.65. The summed E-state index contributed by atoms with van der Waals surface area (Å²) in [6, 6.07) is 7.99. The number of allylic oxidation sites excluding steroid dienone is 1. The van der Waals surface area contributed by atoms with Gasteiger partial charge in [-0.2, -0.15) is 0 Å². The Morgan fingerprint density at radius 2 is 1.90 bits per heavy atom. The van der Waals surface area contributed by atoms with E-state index in [9.17, 15) is 4.79 Å². The van der Waals surface area contributed by atoms with E-state index in [4.69, 9.17) is 0 Å². The molecule has 0 saturated heterocycles. The minimum Gasteiger partial charge on any atom is -0.309 e. The number of ketones is 1. The van der Waals surface area contributed by atoms with Crippen LogP contribution < -0.4 is 0 Å². The van der Waals surface area contributed by atoms with E-state index in [1.807, 2.05) is 44.4 Å². The third-order valence-corrected chi connectivity index (χ3v) is 3.98. The fourth-order valence-corrected chi connectivity index (χ4v) is 2.56. The molecule has 1 aromatic carbocycles. The molecular weight excluding hydrogens is 326 g/mol. The number of benzene rings is 1. The largest absolute Gasteiger partial charge is 0.309 e. The van der Waals surface area contributed by atoms with Crippen molar-refractivity contribution in [3.05, 3.63) is 40.4 Å². The highest BCUT2D eigenvalue weighted by molar-refractivity contribution is 9.10. The molecule has 0 radical (unpaired) electrons. The van der Waals surface area contributed by atoms with E-state index in [0.29, 0.717) is 0 Å². The summed E-state index contributed by atoms with van der Waals surface area (Å²) in [5, 5.41) is 0. The first kappa shape index (κ1) is 18.1. The van der Waals surface area contributed by atoms with Gasteiger partial charge < -0.3 is 4.90 Å². The minimum absolute atomic E-state index is 0.109. The van der Waals surface area contributed by atoms with Crippen molar-refractivity contribution in [1.82, 2.24) is 4.90 Å². The van der Waals surface area contributed by atoms with Gasteiger partial charge in [0.15, 0.2) is 5.78 Å². The second kappa shape index (κ2) is 9.91. The average molecular weight is 352 g/mol. The predicted octanol–water partition coefficient (Wildman–Crippen LogP) is 4.79. The van der Waals surface area contributed by atoms with E-state index in [-0.39, 0.29) is 11.7 Å². The summed E-state index contributed by atoms with van der Waals surface area (Å²) in [4.78, 5) is 14.5. The molecule has 0 aliphatic carbocycles. The van der Waals surface area contributed by atoms with Crippen molar-refractivity contribution in [2.24, 2.45) is 5.92 Å². The number of rotatable bonds is 9. The summed E-state index contributed by atoms with van der Waals surface area (Å²) in [6.07, 6.45) is 8.16. The van der Waals surface area contributed by atoms with Crippen LogP contribution in [0.4, 0.5) is 0 Å². The van der Waals surface area contributed by atoms with Gasteiger partial charge in [-0.3, -0.25) is 4.79 Å². The van der Waals surface area contributed by atoms with Gasteiger partial charge in [-0.15, -0.1) is 0 Å². The van der Waals surface area contributed by atoms with Crippen molar-refractivity contribution >= 4 is 27.8 Å². The number of nitrogens with zero attached hydrogens (tertiary/aromatic N) is 1. The molecule has 0 aliphatic rings. The zero-order chi connectivity index (χ0) is 15.7. The lowest BCUT2D eigenvalue weighted by atomic mass is 9.95. The Bertz CT molecular complexity index is 451. The van der Waals surface area contributed by atoms with Crippen molar-refractivity contribution in [1.29, 1.82) is 0 Å². The van der Waals surface area contributed by atoms with Gasteiger partial charge in [0, 0.05) is 16.9 Å². The summed E-state index contributed by atoms with van der Waals surface area (Å²) in [5.41, 5.74) is 1.06. The number of carbonyl (C=O) groups excluding carboxylic acids is 1. The van der Waals surface area contributed by atoms with Gasteiger partial charge in [0.2, 0.25) is 0 Å². The highest BCUT2D eigenvalue weighted by Gasteiger charge is 2.16. The molecule has 1 rings (SSSR count). The second-order valence-corrected chi connectivity index (χ2v) is 6.66. The summed E-state index contributed by atoms with van der Waals surface area (Å²) >= 11 is 3.41. The number of hydrogen-bond acceptors (Lipinski definition) is 2. The van der Waals surface area contributed by atoms with Crippen molar-refractivity contribution in [3.8, 4) is 0 Å². The van der Waals surface area contributed by atoms with Crippen LogP contribution in [0.25, 0.3) is 6.08 Å². The third kappa shape index (κ3) is 7.58. The smallest absolute Gasteiger partial charge is 0.160 e. The molecule has 21 heavy (non-hydrogen) atoms. The maximum atomic E-state index is 12.4. The van der Waals surface area contributed by atoms with Crippen molar-refractivity contribution in [2.45, 2.75) is 32.6 Å². The minimum atomic E-state index is 0.109. The summed E-state index contributed by atoms with van der Waals surface area (Å²) in [5.74, 6) is 0.348. The van der Waals surface area contributed by atoms with Crippen LogP contribution in [0.3, 0.4) is 0 Å². The number of unbranched alkanes of at least 4 members (excludes halogenated alkanes) is 2. The van der Waals surface area contributed by atoms with Crippen LogP contribution in [-0.2, 0) is 4.79 Å². The van der Waals surface area contributed by atoms with Gasteiger partial charge in [0.1, 0.15) is 0 Å². The van der Waals surface area contributed by atoms with Gasteiger partial charge in [0.25, 0.3) is 0 Å². The van der Waals surface area contributed by atoms with E-state index in [0.717, 1.165) is 29.4 Å². The lowest BCUT2D eigenvalue weighted by molar-refractivity contribution is -0.118. The molecule has 0 fully saturated rings. The highest BCUT2D eigenvalue weighted by Crippen LogP contribution is 2.15. The number of carbonyl (C=O) groups is 1. The van der Waals surface area contributed by atoms with E-state index >= 15 is 0 Å². The Balaban J connectivity index is 2.63. The van der Waals surface area contributed by atoms with Crippen LogP contribution in [0.5, 0.6) is 0 Å². The SMILES string of the molecule is CCCCC[C@@H](CN(C)C)C(=O)/C=C\c1ccc(Br)cc1. The molecule has 0 saturated carbocycles. The number of hydrogen-bond donors (Lipinski definition) is 0. The summed E-state index contributed by atoms with van der Waals surface area (Å²) in [7, 11) is 4.05. The highest BCUT2D eigenvalue weighted by atomic mass is 79.9. The molecule has 0 unspecified atom stereocenters. The summed E-state index contributed by atoms with van der Waals surface area (Å²) < 4.78 is 1.05. The first-order valence-corrected chi connectivity index (χ1v) is 8.44. The maximum Gasteiger partial charge on any atom is 0.160 e. The fourth-order valence-electron chi connectivity index (χ4n) is 2.29. The van der Waals surface area contributed by atoms with Crippen molar-refractivity contribution in [3.63, 3.8) is 0 Å². The zero-order valence-electron chi connectivity index (χ0n) is 13.3. The quantitative estimate of drug-likeness (QED) is 0.470. The monoisotopic (exact) mass is 351 g/mol. The molecule has 116 valence electrons. The Labute approximate surface area is 137 Å². The molecule has 0 heterocycles.